The fourth-order valence-corrected chi connectivity index (χ4v) is 3.49. The lowest BCUT2D eigenvalue weighted by atomic mass is 10.2. The van der Waals surface area contributed by atoms with E-state index in [1.807, 2.05) is 31.2 Å². The number of aryl methyl sites for hydroxylation is 1. The predicted octanol–water partition coefficient (Wildman–Crippen LogP) is 4.39. The zero-order valence-electron chi connectivity index (χ0n) is 13.0. The van der Waals surface area contributed by atoms with Gasteiger partial charge in [0.15, 0.2) is 0 Å². The van der Waals surface area contributed by atoms with Crippen molar-refractivity contribution in [2.75, 3.05) is 5.32 Å². The average molecular weight is 359 g/mol. The Kier molecular flexibility index (Phi) is 4.83. The Hall–Kier alpha value is -2.37. The van der Waals surface area contributed by atoms with E-state index in [-0.39, 0.29) is 10.8 Å². The largest absolute Gasteiger partial charge is 0.322 e. The van der Waals surface area contributed by atoms with Gasteiger partial charge in [-0.15, -0.1) is 0 Å². The molecular formula is C18H15ClN2O2S. The lowest BCUT2D eigenvalue weighted by molar-refractivity contribution is -0.111. The molecule has 0 atom stereocenters. The molecule has 3 rings (SSSR count). The van der Waals surface area contributed by atoms with Crippen LogP contribution in [0.1, 0.15) is 12.5 Å². The summed E-state index contributed by atoms with van der Waals surface area (Å²) in [6.07, 6.45) is 3.18. The summed E-state index contributed by atoms with van der Waals surface area (Å²) < 4.78 is 2.58. The van der Waals surface area contributed by atoms with Crippen LogP contribution in [-0.2, 0) is 11.3 Å². The maximum atomic E-state index is 12.0. The number of hydrogen-bond donors (Lipinski definition) is 1. The molecule has 0 aliphatic rings. The van der Waals surface area contributed by atoms with E-state index in [0.717, 1.165) is 15.8 Å². The van der Waals surface area contributed by atoms with E-state index >= 15 is 0 Å². The van der Waals surface area contributed by atoms with E-state index in [0.29, 0.717) is 17.3 Å². The normalized spacial score (nSPS) is 11.2. The molecule has 0 bridgehead atoms. The van der Waals surface area contributed by atoms with Gasteiger partial charge in [-0.1, -0.05) is 35.1 Å². The highest BCUT2D eigenvalue weighted by Gasteiger charge is 2.07. The summed E-state index contributed by atoms with van der Waals surface area (Å²) in [5.41, 5.74) is 2.45. The molecule has 1 N–H and O–H groups in total. The van der Waals surface area contributed by atoms with E-state index in [1.54, 1.807) is 28.8 Å². The molecule has 0 spiro atoms. The number of benzene rings is 2. The first kappa shape index (κ1) is 16.5. The van der Waals surface area contributed by atoms with Crippen LogP contribution in [0.15, 0.2) is 53.3 Å². The van der Waals surface area contributed by atoms with Crippen LogP contribution in [0.2, 0.25) is 5.02 Å². The quantitative estimate of drug-likeness (QED) is 0.703. The van der Waals surface area contributed by atoms with Gasteiger partial charge in [0.2, 0.25) is 5.91 Å². The number of carbonyl (C=O) groups is 1. The number of fused-ring (bicyclic) bond motifs is 1. The molecule has 6 heteroatoms. The third-order valence-electron chi connectivity index (χ3n) is 3.55. The van der Waals surface area contributed by atoms with Crippen LogP contribution in [-0.4, -0.2) is 10.5 Å². The zero-order chi connectivity index (χ0) is 17.1. The van der Waals surface area contributed by atoms with E-state index in [4.69, 9.17) is 11.6 Å². The number of hydrogen-bond acceptors (Lipinski definition) is 3. The smallest absolute Gasteiger partial charge is 0.308 e. The van der Waals surface area contributed by atoms with Gasteiger partial charge in [-0.2, -0.15) is 0 Å². The van der Waals surface area contributed by atoms with Gasteiger partial charge in [0.05, 0.1) is 10.2 Å². The second-order valence-electron chi connectivity index (χ2n) is 5.17. The molecule has 0 unspecified atom stereocenters. The lowest BCUT2D eigenvalue weighted by Crippen LogP contribution is -2.10. The van der Waals surface area contributed by atoms with Crippen LogP contribution < -0.4 is 10.2 Å². The summed E-state index contributed by atoms with van der Waals surface area (Å²) in [6, 6.07) is 12.7. The standard InChI is InChI=1S/C18H15ClN2O2S/c1-2-21-15-9-8-14(11-16(15)24-18(21)23)20-17(22)10-5-12-3-6-13(19)7-4-12/h3-11H,2H2,1H3,(H,20,22)/b10-5+. The Morgan fingerprint density at radius 1 is 1.25 bits per heavy atom. The molecule has 122 valence electrons. The van der Waals surface area contributed by atoms with Gasteiger partial charge in [0, 0.05) is 23.3 Å². The van der Waals surface area contributed by atoms with Crippen molar-refractivity contribution in [3.63, 3.8) is 0 Å². The van der Waals surface area contributed by atoms with Crippen molar-refractivity contribution in [1.82, 2.24) is 4.57 Å². The summed E-state index contributed by atoms with van der Waals surface area (Å²) in [5, 5.41) is 3.46. The second-order valence-corrected chi connectivity index (χ2v) is 6.60. The van der Waals surface area contributed by atoms with E-state index < -0.39 is 0 Å². The molecule has 1 heterocycles. The third kappa shape index (κ3) is 3.58. The zero-order valence-corrected chi connectivity index (χ0v) is 14.5. The van der Waals surface area contributed by atoms with Gasteiger partial charge in [-0.05, 0) is 48.9 Å². The van der Waals surface area contributed by atoms with Crippen LogP contribution in [0.3, 0.4) is 0 Å². The Balaban J connectivity index is 1.75. The Morgan fingerprint density at radius 3 is 2.71 bits per heavy atom. The number of nitrogens with one attached hydrogen (secondary N) is 1. The molecule has 0 aliphatic carbocycles. The molecule has 0 saturated carbocycles. The summed E-state index contributed by atoms with van der Waals surface area (Å²) in [6.45, 7) is 2.57. The number of rotatable bonds is 4. The van der Waals surface area contributed by atoms with Crippen LogP contribution in [0, 0.1) is 0 Å². The predicted molar refractivity (Wildman–Crippen MR) is 101 cm³/mol. The first-order valence-electron chi connectivity index (χ1n) is 7.45. The van der Waals surface area contributed by atoms with Crippen molar-refractivity contribution in [3.05, 3.63) is 68.8 Å². The highest BCUT2D eigenvalue weighted by Crippen LogP contribution is 2.22. The number of amides is 1. The van der Waals surface area contributed by atoms with Gasteiger partial charge in [-0.3, -0.25) is 14.2 Å². The minimum atomic E-state index is -0.230. The van der Waals surface area contributed by atoms with Gasteiger partial charge in [0.1, 0.15) is 0 Å². The fraction of sp³-hybridized carbons (Fsp3) is 0.111. The Labute approximate surface area is 148 Å². The highest BCUT2D eigenvalue weighted by molar-refractivity contribution is 7.16. The highest BCUT2D eigenvalue weighted by atomic mass is 35.5. The molecule has 0 saturated heterocycles. The number of nitrogens with zero attached hydrogens (tertiary/aromatic N) is 1. The van der Waals surface area contributed by atoms with Gasteiger partial charge < -0.3 is 5.32 Å². The van der Waals surface area contributed by atoms with Gasteiger partial charge >= 0.3 is 4.87 Å². The SMILES string of the molecule is CCn1c(=O)sc2cc(NC(=O)/C=C/c3ccc(Cl)cc3)ccc21. The molecule has 0 fully saturated rings. The number of halogens is 1. The van der Waals surface area contributed by atoms with Crippen molar-refractivity contribution in [3.8, 4) is 0 Å². The minimum absolute atomic E-state index is 0.0126. The topological polar surface area (TPSA) is 51.1 Å². The molecule has 4 nitrogen and oxygen atoms in total. The van der Waals surface area contributed by atoms with Crippen molar-refractivity contribution in [2.45, 2.75) is 13.5 Å². The lowest BCUT2D eigenvalue weighted by Gasteiger charge is -2.03. The maximum Gasteiger partial charge on any atom is 0.308 e. The average Bonchev–Trinajstić information content (AvgIpc) is 2.88. The number of thiazole rings is 1. The van der Waals surface area contributed by atoms with Crippen LogP contribution >= 0.6 is 22.9 Å². The van der Waals surface area contributed by atoms with E-state index in [1.165, 1.54) is 17.4 Å². The summed E-state index contributed by atoms with van der Waals surface area (Å²) in [4.78, 5) is 23.9. The van der Waals surface area contributed by atoms with E-state index in [9.17, 15) is 9.59 Å². The molecule has 0 radical (unpaired) electrons. The first-order valence-corrected chi connectivity index (χ1v) is 8.64. The second kappa shape index (κ2) is 7.03. The Bertz CT molecular complexity index is 971. The molecular weight excluding hydrogens is 344 g/mol. The number of anilines is 1. The summed E-state index contributed by atoms with van der Waals surface area (Å²) in [5.74, 6) is -0.230. The molecule has 3 aromatic rings. The first-order chi connectivity index (χ1) is 11.6. The maximum absolute atomic E-state index is 12.0. The van der Waals surface area contributed by atoms with Crippen LogP contribution in [0.25, 0.3) is 16.3 Å². The summed E-state index contributed by atoms with van der Waals surface area (Å²) >= 11 is 7.01. The summed E-state index contributed by atoms with van der Waals surface area (Å²) in [7, 11) is 0. The monoisotopic (exact) mass is 358 g/mol. The Morgan fingerprint density at radius 2 is 2.00 bits per heavy atom. The van der Waals surface area contributed by atoms with Crippen molar-refractivity contribution >= 4 is 50.8 Å². The number of aromatic nitrogens is 1. The van der Waals surface area contributed by atoms with Crippen molar-refractivity contribution < 1.29 is 4.79 Å². The van der Waals surface area contributed by atoms with Crippen LogP contribution in [0.4, 0.5) is 5.69 Å². The molecule has 1 amide bonds. The minimum Gasteiger partial charge on any atom is -0.322 e. The van der Waals surface area contributed by atoms with Crippen LogP contribution in [0.5, 0.6) is 0 Å². The van der Waals surface area contributed by atoms with Crippen molar-refractivity contribution in [2.24, 2.45) is 0 Å². The fourth-order valence-electron chi connectivity index (χ4n) is 2.37. The van der Waals surface area contributed by atoms with Crippen molar-refractivity contribution in [1.29, 1.82) is 0 Å². The molecule has 0 aliphatic heterocycles. The third-order valence-corrected chi connectivity index (χ3v) is 4.74. The van der Waals surface area contributed by atoms with Gasteiger partial charge in [-0.25, -0.2) is 0 Å². The number of carbonyl (C=O) groups excluding carboxylic acids is 1. The van der Waals surface area contributed by atoms with E-state index in [2.05, 4.69) is 5.32 Å². The molecule has 24 heavy (non-hydrogen) atoms. The van der Waals surface area contributed by atoms with Gasteiger partial charge in [0.25, 0.3) is 0 Å². The molecule has 1 aromatic heterocycles. The molecule has 2 aromatic carbocycles.